The number of piperidine rings is 1. The van der Waals surface area contributed by atoms with Crippen LogP contribution in [0.3, 0.4) is 0 Å². The van der Waals surface area contributed by atoms with Gasteiger partial charge in [0.05, 0.1) is 5.02 Å². The number of nitrogens with zero attached hydrogens (tertiary/aromatic N) is 2. The van der Waals surface area contributed by atoms with Crippen molar-refractivity contribution in [2.75, 3.05) is 13.1 Å². The van der Waals surface area contributed by atoms with Gasteiger partial charge in [-0.1, -0.05) is 17.7 Å². The third-order valence-corrected chi connectivity index (χ3v) is 7.76. The quantitative estimate of drug-likeness (QED) is 0.536. The van der Waals surface area contributed by atoms with Crippen molar-refractivity contribution in [2.45, 2.75) is 51.2 Å². The minimum Gasteiger partial charge on any atom is -0.479 e. The second-order valence-corrected chi connectivity index (χ2v) is 10.1. The number of benzene rings is 1. The summed E-state index contributed by atoms with van der Waals surface area (Å²) in [6.07, 6.45) is 2.70. The first kappa shape index (κ1) is 21.5. The van der Waals surface area contributed by atoms with Gasteiger partial charge in [0.1, 0.15) is 11.3 Å². The molecule has 1 aromatic carbocycles. The van der Waals surface area contributed by atoms with Crippen LogP contribution in [0.5, 0.6) is 5.75 Å². The number of hydrogen-bond donors (Lipinski definition) is 0. The number of fused-ring (bicyclic) bond motifs is 7. The molecule has 1 amide bonds. The summed E-state index contributed by atoms with van der Waals surface area (Å²) < 4.78 is 13.4. The molecule has 0 radical (unpaired) electrons. The summed E-state index contributed by atoms with van der Waals surface area (Å²) in [6.45, 7) is 3.49. The lowest BCUT2D eigenvalue weighted by Crippen LogP contribution is -2.52. The Kier molecular flexibility index (Phi) is 5.06. The second kappa shape index (κ2) is 8.01. The number of halogens is 1. The summed E-state index contributed by atoms with van der Waals surface area (Å²) in [6, 6.07) is 8.75. The molecule has 2 aliphatic heterocycles. The molecule has 176 valence electrons. The monoisotopic (exact) mass is 480 g/mol. The Bertz CT molecular complexity index is 1440. The Morgan fingerprint density at radius 1 is 1.15 bits per heavy atom. The third kappa shape index (κ3) is 3.45. The first-order chi connectivity index (χ1) is 16.4. The highest BCUT2D eigenvalue weighted by Gasteiger charge is 2.37. The summed E-state index contributed by atoms with van der Waals surface area (Å²) in [5.74, 6) is 0.583. The Balaban J connectivity index is 1.24. The maximum Gasteiger partial charge on any atom is 0.339 e. The normalized spacial score (nSPS) is 21.8. The van der Waals surface area contributed by atoms with Crippen molar-refractivity contribution in [3.63, 3.8) is 0 Å². The van der Waals surface area contributed by atoms with E-state index in [4.69, 9.17) is 20.8 Å². The Morgan fingerprint density at radius 2 is 1.97 bits per heavy atom. The van der Waals surface area contributed by atoms with Crippen LogP contribution in [0.25, 0.3) is 11.0 Å². The summed E-state index contributed by atoms with van der Waals surface area (Å²) >= 11 is 6.53. The maximum absolute atomic E-state index is 13.3. The van der Waals surface area contributed by atoms with Crippen molar-refractivity contribution in [3.8, 4) is 5.75 Å². The van der Waals surface area contributed by atoms with Gasteiger partial charge in [0.25, 0.3) is 11.5 Å². The smallest absolute Gasteiger partial charge is 0.339 e. The van der Waals surface area contributed by atoms with E-state index in [0.717, 1.165) is 47.9 Å². The van der Waals surface area contributed by atoms with Crippen molar-refractivity contribution in [1.82, 2.24) is 9.47 Å². The highest BCUT2D eigenvalue weighted by molar-refractivity contribution is 6.32. The molecule has 34 heavy (non-hydrogen) atoms. The molecule has 3 aromatic rings. The largest absolute Gasteiger partial charge is 0.479 e. The number of aryl methyl sites for hydroxylation is 1. The van der Waals surface area contributed by atoms with Gasteiger partial charge in [-0.3, -0.25) is 9.59 Å². The van der Waals surface area contributed by atoms with Gasteiger partial charge < -0.3 is 18.6 Å². The average molecular weight is 481 g/mol. The molecule has 0 N–H and O–H groups in total. The highest BCUT2D eigenvalue weighted by atomic mass is 35.5. The number of rotatable bonds is 3. The molecule has 8 heteroatoms. The van der Waals surface area contributed by atoms with Crippen molar-refractivity contribution >= 4 is 28.5 Å². The van der Waals surface area contributed by atoms with Crippen molar-refractivity contribution < 1.29 is 13.9 Å². The molecule has 1 aliphatic carbocycles. The van der Waals surface area contributed by atoms with Gasteiger partial charge in [0.2, 0.25) is 0 Å². The van der Waals surface area contributed by atoms with E-state index in [1.54, 1.807) is 31.2 Å². The minimum atomic E-state index is -0.757. The first-order valence-corrected chi connectivity index (χ1v) is 12.2. The van der Waals surface area contributed by atoms with Gasteiger partial charge in [-0.15, -0.1) is 0 Å². The Hall–Kier alpha value is -3.06. The summed E-state index contributed by atoms with van der Waals surface area (Å²) in [5, 5.41) is 1.22. The number of likely N-dealkylation sites (tertiary alicyclic amines) is 1. The standard InChI is InChI=1S/C26H25ClN2O5/c1-14(25(31)28-11-15-8-16(13-28)21-6-3-7-24(30)29(21)12-15)33-23-10-22-19(9-20(23)27)17-4-2-5-18(17)26(32)34-22/h3,6-7,9-10,14-16H,2,4-5,8,11-13H2,1H3/t14-,15+,16+/m1/s1. The van der Waals surface area contributed by atoms with Crippen molar-refractivity contribution in [1.29, 1.82) is 0 Å². The number of aromatic nitrogens is 1. The molecule has 0 spiro atoms. The predicted octanol–water partition coefficient (Wildman–Crippen LogP) is 3.51. The van der Waals surface area contributed by atoms with E-state index in [0.29, 0.717) is 36.0 Å². The van der Waals surface area contributed by atoms with Gasteiger partial charge in [-0.05, 0) is 56.2 Å². The van der Waals surface area contributed by atoms with E-state index in [-0.39, 0.29) is 28.9 Å². The van der Waals surface area contributed by atoms with E-state index in [9.17, 15) is 14.4 Å². The molecule has 7 nitrogen and oxygen atoms in total. The average Bonchev–Trinajstić information content (AvgIpc) is 3.31. The van der Waals surface area contributed by atoms with Gasteiger partial charge in [0.15, 0.2) is 6.10 Å². The van der Waals surface area contributed by atoms with Crippen LogP contribution in [0.1, 0.15) is 42.5 Å². The molecule has 3 atom stereocenters. The van der Waals surface area contributed by atoms with Crippen LogP contribution in [0.2, 0.25) is 5.02 Å². The highest BCUT2D eigenvalue weighted by Crippen LogP contribution is 2.37. The first-order valence-electron chi connectivity index (χ1n) is 11.8. The Labute approximate surface area is 200 Å². The van der Waals surface area contributed by atoms with Crippen LogP contribution in [-0.4, -0.2) is 34.6 Å². The molecular weight excluding hydrogens is 456 g/mol. The predicted molar refractivity (Wildman–Crippen MR) is 128 cm³/mol. The number of hydrogen-bond acceptors (Lipinski definition) is 5. The topological polar surface area (TPSA) is 81.8 Å². The lowest BCUT2D eigenvalue weighted by atomic mass is 9.83. The molecule has 6 rings (SSSR count). The van der Waals surface area contributed by atoms with Gasteiger partial charge >= 0.3 is 5.63 Å². The van der Waals surface area contributed by atoms with E-state index < -0.39 is 6.10 Å². The number of carbonyl (C=O) groups is 1. The SMILES string of the molecule is C[C@@H](Oc1cc2oc(=O)c3c(c2cc1Cl)CCC3)C(=O)N1C[C@@H]2C[C@@H](C1)c1cccc(=O)n1C2. The minimum absolute atomic E-state index is 0.0203. The zero-order valence-corrected chi connectivity index (χ0v) is 19.6. The van der Waals surface area contributed by atoms with Crippen LogP contribution in [0.15, 0.2) is 44.3 Å². The zero-order chi connectivity index (χ0) is 23.6. The van der Waals surface area contributed by atoms with Crippen LogP contribution < -0.4 is 15.9 Å². The molecule has 2 aromatic heterocycles. The van der Waals surface area contributed by atoms with E-state index in [1.807, 2.05) is 15.5 Å². The fraction of sp³-hybridized carbons (Fsp3) is 0.423. The number of pyridine rings is 1. The van der Waals surface area contributed by atoms with E-state index in [1.165, 1.54) is 0 Å². The molecule has 0 unspecified atom stereocenters. The molecule has 1 fully saturated rings. The van der Waals surface area contributed by atoms with Crippen LogP contribution in [-0.2, 0) is 24.2 Å². The summed E-state index contributed by atoms with van der Waals surface area (Å²) in [4.78, 5) is 39.7. The third-order valence-electron chi connectivity index (χ3n) is 7.47. The van der Waals surface area contributed by atoms with Crippen molar-refractivity contribution in [2.24, 2.45) is 5.92 Å². The van der Waals surface area contributed by atoms with Crippen LogP contribution in [0, 0.1) is 5.92 Å². The lowest BCUT2D eigenvalue weighted by Gasteiger charge is -2.43. The fourth-order valence-corrected chi connectivity index (χ4v) is 6.16. The molecular formula is C26H25ClN2O5. The molecule has 0 saturated carbocycles. The van der Waals surface area contributed by atoms with Crippen LogP contribution >= 0.6 is 11.6 Å². The molecule has 4 heterocycles. The van der Waals surface area contributed by atoms with Gasteiger partial charge in [-0.25, -0.2) is 4.79 Å². The lowest BCUT2D eigenvalue weighted by molar-refractivity contribution is -0.140. The van der Waals surface area contributed by atoms with Crippen molar-refractivity contribution in [3.05, 3.63) is 72.9 Å². The van der Waals surface area contributed by atoms with Gasteiger partial charge in [0, 0.05) is 54.3 Å². The summed E-state index contributed by atoms with van der Waals surface area (Å²) in [7, 11) is 0. The second-order valence-electron chi connectivity index (χ2n) is 9.68. The molecule has 2 bridgehead atoms. The number of ether oxygens (including phenoxy) is 1. The van der Waals surface area contributed by atoms with Gasteiger partial charge in [-0.2, -0.15) is 0 Å². The zero-order valence-electron chi connectivity index (χ0n) is 18.9. The maximum atomic E-state index is 13.3. The number of amides is 1. The van der Waals surface area contributed by atoms with E-state index >= 15 is 0 Å². The number of carbonyl (C=O) groups excluding carboxylic acids is 1. The molecule has 3 aliphatic rings. The Morgan fingerprint density at radius 3 is 2.82 bits per heavy atom. The summed E-state index contributed by atoms with van der Waals surface area (Å²) in [5.41, 5.74) is 2.88. The van der Waals surface area contributed by atoms with E-state index in [2.05, 4.69) is 0 Å². The van der Waals surface area contributed by atoms with Crippen LogP contribution in [0.4, 0.5) is 0 Å². The molecule has 1 saturated heterocycles. The fourth-order valence-electron chi connectivity index (χ4n) is 5.95.